The fourth-order valence-electron chi connectivity index (χ4n) is 3.56. The predicted molar refractivity (Wildman–Crippen MR) is 131 cm³/mol. The number of carbonyl (C=O) groups excluding carboxylic acids is 1. The average molecular weight is 506 g/mol. The summed E-state index contributed by atoms with van der Waals surface area (Å²) >= 11 is 0. The normalized spacial score (nSPS) is 16.8. The summed E-state index contributed by atoms with van der Waals surface area (Å²) in [5.41, 5.74) is 3.43. The monoisotopic (exact) mass is 506 g/mol. The molecule has 2 unspecified atom stereocenters. The van der Waals surface area contributed by atoms with Crippen LogP contribution in [0.2, 0.25) is 0 Å². The van der Waals surface area contributed by atoms with Crippen LogP contribution >= 0.6 is 24.0 Å². The summed E-state index contributed by atoms with van der Waals surface area (Å²) in [5.74, 6) is 1.48. The van der Waals surface area contributed by atoms with Gasteiger partial charge in [0, 0.05) is 31.1 Å². The second-order valence-electron chi connectivity index (χ2n) is 7.28. The number of carbonyl (C=O) groups is 1. The van der Waals surface area contributed by atoms with E-state index in [9.17, 15) is 4.79 Å². The molecule has 6 heteroatoms. The number of hydrogen-bond donors (Lipinski definition) is 3. The highest BCUT2D eigenvalue weighted by Gasteiger charge is 2.24. The van der Waals surface area contributed by atoms with E-state index in [2.05, 4.69) is 60.1 Å². The predicted octanol–water partition coefficient (Wildman–Crippen LogP) is 4.48. The van der Waals surface area contributed by atoms with Crippen molar-refractivity contribution in [2.24, 2.45) is 4.99 Å². The lowest BCUT2D eigenvalue weighted by Gasteiger charge is -2.24. The van der Waals surface area contributed by atoms with Gasteiger partial charge >= 0.3 is 0 Å². The van der Waals surface area contributed by atoms with Crippen LogP contribution in [0.3, 0.4) is 0 Å². The summed E-state index contributed by atoms with van der Waals surface area (Å²) < 4.78 is 0. The maximum absolute atomic E-state index is 12.0. The molecule has 3 rings (SSSR count). The third-order valence-electron chi connectivity index (χ3n) is 5.16. The van der Waals surface area contributed by atoms with Crippen LogP contribution in [0, 0.1) is 0 Å². The zero-order valence-electron chi connectivity index (χ0n) is 17.2. The molecule has 29 heavy (non-hydrogen) atoms. The summed E-state index contributed by atoms with van der Waals surface area (Å²) in [7, 11) is 0. The summed E-state index contributed by atoms with van der Waals surface area (Å²) in [4.78, 5) is 16.8. The summed E-state index contributed by atoms with van der Waals surface area (Å²) in [6, 6.07) is 18.6. The minimum Gasteiger partial charge on any atom is -0.357 e. The van der Waals surface area contributed by atoms with Gasteiger partial charge in [0.25, 0.3) is 0 Å². The molecular formula is C23H31IN4O. The number of amides is 1. The zero-order chi connectivity index (χ0) is 19.8. The van der Waals surface area contributed by atoms with Gasteiger partial charge in [-0.3, -0.25) is 9.79 Å². The second kappa shape index (κ2) is 11.8. The number of anilines is 1. The third kappa shape index (κ3) is 6.73. The van der Waals surface area contributed by atoms with Crippen LogP contribution in [0.1, 0.15) is 49.7 Å². The van der Waals surface area contributed by atoms with Crippen LogP contribution in [0.15, 0.2) is 59.6 Å². The molecule has 0 saturated carbocycles. The molecule has 1 aliphatic heterocycles. The Bertz CT molecular complexity index is 810. The number of hydrogen-bond acceptors (Lipinski definition) is 2. The molecule has 0 aromatic heterocycles. The van der Waals surface area contributed by atoms with Gasteiger partial charge in [-0.1, -0.05) is 55.5 Å². The number of nitrogens with zero attached hydrogens (tertiary/aromatic N) is 1. The maximum Gasteiger partial charge on any atom is 0.225 e. The molecular weight excluding hydrogens is 475 g/mol. The number of benzene rings is 2. The van der Waals surface area contributed by atoms with Gasteiger partial charge in [-0.2, -0.15) is 0 Å². The summed E-state index contributed by atoms with van der Waals surface area (Å²) in [6.45, 7) is 6.56. The van der Waals surface area contributed by atoms with E-state index in [1.807, 2.05) is 24.3 Å². The number of rotatable bonds is 7. The summed E-state index contributed by atoms with van der Waals surface area (Å²) in [5, 5.41) is 9.69. The van der Waals surface area contributed by atoms with Crippen LogP contribution in [0.4, 0.5) is 5.69 Å². The van der Waals surface area contributed by atoms with Crippen molar-refractivity contribution in [3.05, 3.63) is 65.7 Å². The number of guanidine groups is 1. The number of para-hydroxylation sites is 1. The Morgan fingerprint density at radius 2 is 1.86 bits per heavy atom. The molecule has 0 radical (unpaired) electrons. The molecule has 156 valence electrons. The zero-order valence-corrected chi connectivity index (χ0v) is 19.5. The van der Waals surface area contributed by atoms with Gasteiger partial charge in [-0.05, 0) is 36.5 Å². The lowest BCUT2D eigenvalue weighted by Crippen LogP contribution is -2.38. The first kappa shape index (κ1) is 23.2. The number of fused-ring (bicyclic) bond motifs is 1. The van der Waals surface area contributed by atoms with E-state index in [0.29, 0.717) is 18.9 Å². The first-order chi connectivity index (χ1) is 13.7. The highest BCUT2D eigenvalue weighted by molar-refractivity contribution is 14.0. The standard InChI is InChI=1S/C23H30N4O.HI/c1-3-24-23(25-14-13-17(2)18-9-5-4-6-10-18)26-16-19-15-22(28)27-21-12-8-7-11-20(19)21;/h4-12,17,19H,3,13-16H2,1-2H3,(H,27,28)(H2,24,25,26);1H. The van der Waals surface area contributed by atoms with Crippen LogP contribution in [-0.2, 0) is 4.79 Å². The van der Waals surface area contributed by atoms with Gasteiger partial charge in [-0.15, -0.1) is 24.0 Å². The van der Waals surface area contributed by atoms with Gasteiger partial charge in [0.05, 0.1) is 6.54 Å². The molecule has 3 N–H and O–H groups in total. The Morgan fingerprint density at radius 3 is 2.62 bits per heavy atom. The van der Waals surface area contributed by atoms with Crippen molar-refractivity contribution in [1.82, 2.24) is 10.6 Å². The largest absolute Gasteiger partial charge is 0.357 e. The van der Waals surface area contributed by atoms with E-state index in [-0.39, 0.29) is 35.8 Å². The van der Waals surface area contributed by atoms with Crippen molar-refractivity contribution < 1.29 is 4.79 Å². The third-order valence-corrected chi connectivity index (χ3v) is 5.16. The molecule has 2 atom stereocenters. The lowest BCUT2D eigenvalue weighted by molar-refractivity contribution is -0.116. The van der Waals surface area contributed by atoms with Gasteiger partial charge < -0.3 is 16.0 Å². The van der Waals surface area contributed by atoms with Gasteiger partial charge in [0.15, 0.2) is 5.96 Å². The van der Waals surface area contributed by atoms with E-state index < -0.39 is 0 Å². The van der Waals surface area contributed by atoms with E-state index in [1.165, 1.54) is 11.1 Å². The first-order valence-corrected chi connectivity index (χ1v) is 10.1. The number of nitrogens with one attached hydrogen (secondary N) is 3. The molecule has 1 heterocycles. The second-order valence-corrected chi connectivity index (χ2v) is 7.28. The van der Waals surface area contributed by atoms with E-state index >= 15 is 0 Å². The molecule has 0 saturated heterocycles. The van der Waals surface area contributed by atoms with Crippen LogP contribution in [-0.4, -0.2) is 31.5 Å². The Balaban J connectivity index is 0.00000300. The maximum atomic E-state index is 12.0. The topological polar surface area (TPSA) is 65.5 Å². The SMILES string of the molecule is CCNC(=NCC1CC(=O)Nc2ccccc21)NCCC(C)c1ccccc1.I. The fourth-order valence-corrected chi connectivity index (χ4v) is 3.56. The molecule has 0 fully saturated rings. The molecule has 0 aliphatic carbocycles. The molecule has 2 aromatic rings. The van der Waals surface area contributed by atoms with E-state index in [1.54, 1.807) is 0 Å². The first-order valence-electron chi connectivity index (χ1n) is 10.1. The smallest absolute Gasteiger partial charge is 0.225 e. The molecule has 1 amide bonds. The number of aliphatic imine (C=N–C) groups is 1. The van der Waals surface area contributed by atoms with Crippen LogP contribution in [0.25, 0.3) is 0 Å². The average Bonchev–Trinajstić information content (AvgIpc) is 2.72. The molecule has 5 nitrogen and oxygen atoms in total. The van der Waals surface area contributed by atoms with Crippen LogP contribution < -0.4 is 16.0 Å². The Morgan fingerprint density at radius 1 is 1.14 bits per heavy atom. The molecule has 0 bridgehead atoms. The molecule has 1 aliphatic rings. The van der Waals surface area contributed by atoms with Gasteiger partial charge in [0.2, 0.25) is 5.91 Å². The van der Waals surface area contributed by atoms with Gasteiger partial charge in [0.1, 0.15) is 0 Å². The fraction of sp³-hybridized carbons (Fsp3) is 0.391. The Labute approximate surface area is 190 Å². The number of halogens is 1. The highest BCUT2D eigenvalue weighted by Crippen LogP contribution is 2.31. The quantitative estimate of drug-likeness (QED) is 0.295. The minimum absolute atomic E-state index is 0. The minimum atomic E-state index is 0. The Hall–Kier alpha value is -2.09. The van der Waals surface area contributed by atoms with Crippen molar-refractivity contribution >= 4 is 41.5 Å². The van der Waals surface area contributed by atoms with Crippen molar-refractivity contribution in [1.29, 1.82) is 0 Å². The van der Waals surface area contributed by atoms with Crippen LogP contribution in [0.5, 0.6) is 0 Å². The van der Waals surface area contributed by atoms with E-state index in [0.717, 1.165) is 31.2 Å². The van der Waals surface area contributed by atoms with Crippen molar-refractivity contribution in [2.45, 2.75) is 38.5 Å². The highest BCUT2D eigenvalue weighted by atomic mass is 127. The molecule has 0 spiro atoms. The van der Waals surface area contributed by atoms with E-state index in [4.69, 9.17) is 4.99 Å². The Kier molecular flexibility index (Phi) is 9.44. The van der Waals surface area contributed by atoms with Crippen molar-refractivity contribution in [3.63, 3.8) is 0 Å². The molecule has 2 aromatic carbocycles. The lowest BCUT2D eigenvalue weighted by atomic mass is 9.91. The summed E-state index contributed by atoms with van der Waals surface area (Å²) in [6.07, 6.45) is 1.51. The van der Waals surface area contributed by atoms with Crippen molar-refractivity contribution in [3.8, 4) is 0 Å². The van der Waals surface area contributed by atoms with Gasteiger partial charge in [-0.25, -0.2) is 0 Å². The van der Waals surface area contributed by atoms with Crippen molar-refractivity contribution in [2.75, 3.05) is 25.0 Å².